The summed E-state index contributed by atoms with van der Waals surface area (Å²) in [5.41, 5.74) is 0. The van der Waals surface area contributed by atoms with Gasteiger partial charge in [-0.2, -0.15) is 0 Å². The summed E-state index contributed by atoms with van der Waals surface area (Å²) in [5, 5.41) is 13.6. The van der Waals surface area contributed by atoms with E-state index in [1.54, 1.807) is 0 Å². The third-order valence-corrected chi connectivity index (χ3v) is 7.89. The van der Waals surface area contributed by atoms with Gasteiger partial charge in [-0.1, -0.05) is 102 Å². The van der Waals surface area contributed by atoms with Crippen LogP contribution in [0.5, 0.6) is 0 Å². The molecular weight excluding hydrogens is 539 g/mol. The second-order valence-corrected chi connectivity index (χ2v) is 13.6. The molecule has 0 radical (unpaired) electrons. The van der Waals surface area contributed by atoms with E-state index >= 15 is 0 Å². The first-order valence-electron chi connectivity index (χ1n) is 16.2. The van der Waals surface area contributed by atoms with Crippen molar-refractivity contribution in [3.8, 4) is 0 Å². The zero-order chi connectivity index (χ0) is 30.8. The molecule has 0 aliphatic carbocycles. The Morgan fingerprint density at radius 3 is 2.12 bits per heavy atom. The van der Waals surface area contributed by atoms with Crippen molar-refractivity contribution < 1.29 is 32.9 Å². The first-order chi connectivity index (χ1) is 19.5. The van der Waals surface area contributed by atoms with Gasteiger partial charge in [0.2, 0.25) is 5.91 Å². The third kappa shape index (κ3) is 27.6. The van der Waals surface area contributed by atoms with E-state index < -0.39 is 20.0 Å². The summed E-state index contributed by atoms with van der Waals surface area (Å²) in [6.07, 6.45) is 24.9. The molecule has 3 atom stereocenters. The fraction of sp³-hybridized carbons (Fsp3) is 0.844. The van der Waals surface area contributed by atoms with E-state index in [0.717, 1.165) is 70.6 Å². The minimum atomic E-state index is -4.54. The maximum absolute atomic E-state index is 12.6. The molecule has 9 heteroatoms. The summed E-state index contributed by atoms with van der Waals surface area (Å²) in [7, 11) is 1.28. The number of hydrogen-bond donors (Lipinski definition) is 2. The molecule has 0 aliphatic heterocycles. The number of phosphoric acid groups is 1. The molecular formula is C32H63N2O6P. The summed E-state index contributed by atoms with van der Waals surface area (Å²) in [6.45, 7) is 4.53. The van der Waals surface area contributed by atoms with Crippen molar-refractivity contribution in [1.29, 1.82) is 0 Å². The van der Waals surface area contributed by atoms with Crippen LogP contribution in [0.1, 0.15) is 123 Å². The van der Waals surface area contributed by atoms with Crippen LogP contribution in [-0.2, 0) is 18.4 Å². The summed E-state index contributed by atoms with van der Waals surface area (Å²) in [6, 6.07) is -0.800. The highest BCUT2D eigenvalue weighted by molar-refractivity contribution is 7.45. The van der Waals surface area contributed by atoms with Crippen molar-refractivity contribution >= 4 is 13.7 Å². The number of aliphatic hydroxyl groups excluding tert-OH is 1. The molecule has 0 rings (SSSR count). The normalized spacial score (nSPS) is 15.4. The van der Waals surface area contributed by atoms with E-state index in [2.05, 4.69) is 43.5 Å². The van der Waals surface area contributed by atoms with Gasteiger partial charge in [-0.3, -0.25) is 9.36 Å². The van der Waals surface area contributed by atoms with E-state index in [4.69, 9.17) is 9.05 Å². The van der Waals surface area contributed by atoms with Crippen molar-refractivity contribution in [2.75, 3.05) is 40.9 Å². The lowest BCUT2D eigenvalue weighted by atomic mass is 10.0. The van der Waals surface area contributed by atoms with E-state index in [1.807, 2.05) is 21.1 Å². The van der Waals surface area contributed by atoms with Crippen LogP contribution in [0.2, 0.25) is 0 Å². The summed E-state index contributed by atoms with van der Waals surface area (Å²) < 4.78 is 22.9. The number of nitrogens with one attached hydrogen (secondary N) is 1. The van der Waals surface area contributed by atoms with E-state index in [0.29, 0.717) is 23.9 Å². The number of nitrogens with zero attached hydrogens (tertiary/aromatic N) is 1. The molecule has 0 aliphatic rings. The average molecular weight is 603 g/mol. The number of hydrogen-bond acceptors (Lipinski definition) is 6. The number of aliphatic hydroxyl groups is 1. The second kappa shape index (κ2) is 25.5. The Morgan fingerprint density at radius 1 is 0.854 bits per heavy atom. The van der Waals surface area contributed by atoms with E-state index in [9.17, 15) is 19.4 Å². The van der Waals surface area contributed by atoms with Gasteiger partial charge in [0.1, 0.15) is 13.2 Å². The topological polar surface area (TPSA) is 108 Å². The van der Waals surface area contributed by atoms with Gasteiger partial charge in [0, 0.05) is 6.42 Å². The highest BCUT2D eigenvalue weighted by Gasteiger charge is 2.24. The number of likely N-dealkylation sites (N-methyl/N-ethyl adjacent to an activating group) is 1. The minimum Gasteiger partial charge on any atom is -0.756 e. The van der Waals surface area contributed by atoms with Gasteiger partial charge in [-0.15, -0.1) is 0 Å². The molecule has 41 heavy (non-hydrogen) atoms. The zero-order valence-electron chi connectivity index (χ0n) is 27.0. The standard InChI is InChI=1S/C32H63N2O6P/c1-6-8-10-12-14-15-16-17-18-19-20-22-24-26-32(36)33-30(31(35)25-23-21-13-11-9-7-2)29-40-41(37,38)39-28-27-34(3,4)5/h10,12,15-16,30-31,35H,6-9,11,13-14,17-29H2,1-5H3,(H-,33,36,37,38)/b12-10-,16-15-. The van der Waals surface area contributed by atoms with Crippen molar-refractivity contribution in [2.45, 2.75) is 135 Å². The SMILES string of the molecule is CCC/C=C\C/C=C\CCCCCCCC(=O)NC(COP(=O)([O-])OCC[N+](C)(C)C)C(O)CCCCCCCC. The Balaban J connectivity index is 4.50. The van der Waals surface area contributed by atoms with Crippen LogP contribution < -0.4 is 10.2 Å². The zero-order valence-corrected chi connectivity index (χ0v) is 27.9. The van der Waals surface area contributed by atoms with Crippen LogP contribution in [-0.4, -0.2) is 68.5 Å². The predicted octanol–water partition coefficient (Wildman–Crippen LogP) is 6.82. The molecule has 0 saturated heterocycles. The maximum atomic E-state index is 12.6. The van der Waals surface area contributed by atoms with Crippen LogP contribution in [0.4, 0.5) is 0 Å². The Morgan fingerprint density at radius 2 is 1.46 bits per heavy atom. The maximum Gasteiger partial charge on any atom is 0.268 e. The van der Waals surface area contributed by atoms with Crippen LogP contribution in [0.15, 0.2) is 24.3 Å². The van der Waals surface area contributed by atoms with Crippen LogP contribution in [0.25, 0.3) is 0 Å². The molecule has 3 unspecified atom stereocenters. The Kier molecular flexibility index (Phi) is 24.8. The Labute approximate surface area is 252 Å². The van der Waals surface area contributed by atoms with E-state index in [1.165, 1.54) is 25.7 Å². The predicted molar refractivity (Wildman–Crippen MR) is 168 cm³/mol. The smallest absolute Gasteiger partial charge is 0.268 e. The number of unbranched alkanes of at least 4 members (excludes halogenated alkanes) is 11. The van der Waals surface area contributed by atoms with Gasteiger partial charge in [-0.05, 0) is 38.5 Å². The van der Waals surface area contributed by atoms with Crippen molar-refractivity contribution in [2.24, 2.45) is 0 Å². The highest BCUT2D eigenvalue weighted by Crippen LogP contribution is 2.38. The van der Waals surface area contributed by atoms with Gasteiger partial charge >= 0.3 is 0 Å². The van der Waals surface area contributed by atoms with Gasteiger partial charge in [0.15, 0.2) is 0 Å². The molecule has 2 N–H and O–H groups in total. The molecule has 0 bridgehead atoms. The van der Waals surface area contributed by atoms with Gasteiger partial charge < -0.3 is 28.8 Å². The summed E-state index contributed by atoms with van der Waals surface area (Å²) >= 11 is 0. The molecule has 0 aromatic heterocycles. The molecule has 0 aromatic carbocycles. The Hall–Kier alpha value is -1.02. The fourth-order valence-electron chi connectivity index (χ4n) is 4.25. The molecule has 1 amide bonds. The van der Waals surface area contributed by atoms with E-state index in [-0.39, 0.29) is 19.1 Å². The molecule has 242 valence electrons. The number of carbonyl (C=O) groups is 1. The monoisotopic (exact) mass is 602 g/mol. The molecule has 0 aromatic rings. The first kappa shape index (κ1) is 40.0. The largest absolute Gasteiger partial charge is 0.756 e. The average Bonchev–Trinajstić information content (AvgIpc) is 2.90. The molecule has 0 fully saturated rings. The molecule has 0 spiro atoms. The Bertz CT molecular complexity index is 738. The third-order valence-electron chi connectivity index (χ3n) is 6.92. The fourth-order valence-corrected chi connectivity index (χ4v) is 4.97. The number of allylic oxidation sites excluding steroid dienone is 4. The molecule has 8 nitrogen and oxygen atoms in total. The van der Waals surface area contributed by atoms with Gasteiger partial charge in [0.25, 0.3) is 7.82 Å². The van der Waals surface area contributed by atoms with Crippen LogP contribution >= 0.6 is 7.82 Å². The molecule has 0 saturated carbocycles. The summed E-state index contributed by atoms with van der Waals surface area (Å²) in [4.78, 5) is 24.9. The number of phosphoric ester groups is 1. The van der Waals surface area contributed by atoms with Crippen molar-refractivity contribution in [3.05, 3.63) is 24.3 Å². The van der Waals surface area contributed by atoms with Gasteiger partial charge in [0.05, 0.1) is 39.9 Å². The molecule has 0 heterocycles. The van der Waals surface area contributed by atoms with Crippen molar-refractivity contribution in [3.63, 3.8) is 0 Å². The lowest BCUT2D eigenvalue weighted by molar-refractivity contribution is -0.870. The lowest BCUT2D eigenvalue weighted by Gasteiger charge is -2.30. The van der Waals surface area contributed by atoms with Gasteiger partial charge in [-0.25, -0.2) is 0 Å². The first-order valence-corrected chi connectivity index (χ1v) is 17.6. The lowest BCUT2D eigenvalue weighted by Crippen LogP contribution is -2.46. The quantitative estimate of drug-likeness (QED) is 0.0440. The second-order valence-electron chi connectivity index (χ2n) is 12.2. The number of quaternary nitrogens is 1. The number of carbonyl (C=O) groups excluding carboxylic acids is 1. The van der Waals surface area contributed by atoms with Crippen LogP contribution in [0.3, 0.4) is 0 Å². The number of rotatable bonds is 28. The summed E-state index contributed by atoms with van der Waals surface area (Å²) in [5.74, 6) is -0.189. The highest BCUT2D eigenvalue weighted by atomic mass is 31.2. The minimum absolute atomic E-state index is 0.00823. The van der Waals surface area contributed by atoms with Crippen molar-refractivity contribution in [1.82, 2.24) is 5.32 Å². The number of amides is 1. The van der Waals surface area contributed by atoms with Crippen LogP contribution in [0, 0.1) is 0 Å².